The summed E-state index contributed by atoms with van der Waals surface area (Å²) in [5.74, 6) is 0.521. The van der Waals surface area contributed by atoms with Crippen LogP contribution in [-0.2, 0) is 17.8 Å². The number of nitrogen functional groups attached to an aromatic ring is 2. The van der Waals surface area contributed by atoms with Crippen LogP contribution in [0, 0.1) is 5.41 Å². The molecule has 0 fully saturated rings. The molecule has 0 aromatic heterocycles. The molecule has 0 bridgehead atoms. The fraction of sp³-hybridized carbons (Fsp3) is 0.161. The van der Waals surface area contributed by atoms with Crippen LogP contribution in [0.25, 0.3) is 0 Å². The molecule has 7 N–H and O–H groups in total. The molecule has 4 rings (SSSR count). The zero-order valence-electron chi connectivity index (χ0n) is 21.8. The van der Waals surface area contributed by atoms with Gasteiger partial charge in [-0.05, 0) is 71.6 Å². The van der Waals surface area contributed by atoms with Gasteiger partial charge in [0.05, 0.1) is 7.11 Å². The third kappa shape index (κ3) is 6.87. The van der Waals surface area contributed by atoms with E-state index in [-0.39, 0.29) is 5.84 Å². The highest BCUT2D eigenvalue weighted by Gasteiger charge is 2.27. The third-order valence-electron chi connectivity index (χ3n) is 6.45. The smallest absolute Gasteiger partial charge is 0.244 e. The van der Waals surface area contributed by atoms with Crippen LogP contribution in [0.5, 0.6) is 11.5 Å². The Kier molecular flexibility index (Phi) is 8.68. The van der Waals surface area contributed by atoms with Gasteiger partial charge in [-0.3, -0.25) is 10.2 Å². The Morgan fingerprint density at radius 2 is 1.56 bits per heavy atom. The van der Waals surface area contributed by atoms with Gasteiger partial charge in [-0.15, -0.1) is 0 Å². The highest BCUT2D eigenvalue weighted by atomic mass is 16.5. The van der Waals surface area contributed by atoms with E-state index in [1.54, 1.807) is 31.4 Å². The summed E-state index contributed by atoms with van der Waals surface area (Å²) in [4.78, 5) is 14.9. The first-order chi connectivity index (χ1) is 18.9. The highest BCUT2D eigenvalue weighted by molar-refractivity contribution is 5.95. The zero-order chi connectivity index (χ0) is 27.8. The summed E-state index contributed by atoms with van der Waals surface area (Å²) in [6, 6.07) is 29.3. The van der Waals surface area contributed by atoms with Gasteiger partial charge in [0.1, 0.15) is 18.5 Å². The van der Waals surface area contributed by atoms with Gasteiger partial charge < -0.3 is 31.6 Å². The van der Waals surface area contributed by atoms with Gasteiger partial charge >= 0.3 is 0 Å². The summed E-state index contributed by atoms with van der Waals surface area (Å²) in [5, 5.41) is 7.72. The molecule has 0 aliphatic rings. The molecule has 8 heteroatoms. The van der Waals surface area contributed by atoms with Crippen molar-refractivity contribution in [3.63, 3.8) is 0 Å². The first kappa shape index (κ1) is 27.1. The van der Waals surface area contributed by atoms with Crippen molar-refractivity contribution in [1.82, 2.24) is 0 Å². The predicted molar refractivity (Wildman–Crippen MR) is 155 cm³/mol. The largest absolute Gasteiger partial charge is 0.493 e. The van der Waals surface area contributed by atoms with Crippen LogP contribution in [0.2, 0.25) is 0 Å². The first-order valence-electron chi connectivity index (χ1n) is 12.5. The molecule has 0 heterocycles. The molecule has 0 aliphatic carbocycles. The van der Waals surface area contributed by atoms with Gasteiger partial charge in [-0.2, -0.15) is 0 Å². The average molecular weight is 524 g/mol. The van der Waals surface area contributed by atoms with Gasteiger partial charge in [0, 0.05) is 23.5 Å². The Morgan fingerprint density at radius 1 is 0.872 bits per heavy atom. The van der Waals surface area contributed by atoms with E-state index in [4.69, 9.17) is 32.1 Å². The molecule has 0 saturated carbocycles. The van der Waals surface area contributed by atoms with Crippen molar-refractivity contribution in [2.45, 2.75) is 19.1 Å². The van der Waals surface area contributed by atoms with Gasteiger partial charge in [-0.25, -0.2) is 0 Å². The predicted octanol–water partition coefficient (Wildman–Crippen LogP) is 4.42. The van der Waals surface area contributed by atoms with E-state index in [2.05, 4.69) is 0 Å². The molecule has 1 atom stereocenters. The van der Waals surface area contributed by atoms with Gasteiger partial charge in [-0.1, -0.05) is 48.5 Å². The molecule has 39 heavy (non-hydrogen) atoms. The molecular formula is C31H33N5O3. The number of nitrogens with two attached hydrogens (primary N) is 3. The summed E-state index contributed by atoms with van der Waals surface area (Å²) in [6.07, 6.45) is 0.647. The van der Waals surface area contributed by atoms with E-state index < -0.39 is 11.9 Å². The van der Waals surface area contributed by atoms with E-state index in [1.807, 2.05) is 77.7 Å². The first-order valence-corrected chi connectivity index (χ1v) is 12.5. The number of hydrogen-bond donors (Lipinski definition) is 4. The maximum atomic E-state index is 13.0. The Hall–Kier alpha value is -4.98. The number of nitrogens with zero attached hydrogens (tertiary/aromatic N) is 1. The van der Waals surface area contributed by atoms with Crippen molar-refractivity contribution in [2.24, 2.45) is 11.5 Å². The number of methoxy groups -OCH3 is 1. The fourth-order valence-corrected chi connectivity index (χ4v) is 4.38. The molecule has 1 amide bonds. The zero-order valence-corrected chi connectivity index (χ0v) is 21.8. The number of primary amides is 1. The number of anilines is 2. The fourth-order valence-electron chi connectivity index (χ4n) is 4.38. The van der Waals surface area contributed by atoms with E-state index in [0.717, 1.165) is 16.8 Å². The summed E-state index contributed by atoms with van der Waals surface area (Å²) in [6.45, 7) is 0.873. The molecule has 4 aromatic carbocycles. The molecule has 1 unspecified atom stereocenters. The van der Waals surface area contributed by atoms with Crippen molar-refractivity contribution >= 4 is 23.1 Å². The van der Waals surface area contributed by atoms with Crippen LogP contribution >= 0.6 is 0 Å². The average Bonchev–Trinajstić information content (AvgIpc) is 2.95. The van der Waals surface area contributed by atoms with E-state index >= 15 is 0 Å². The van der Waals surface area contributed by atoms with Crippen molar-refractivity contribution in [2.75, 3.05) is 24.3 Å². The second kappa shape index (κ2) is 12.5. The molecule has 0 spiro atoms. The summed E-state index contributed by atoms with van der Waals surface area (Å²) in [5.41, 5.74) is 22.3. The molecule has 8 nitrogen and oxygen atoms in total. The number of nitrogens with one attached hydrogen (secondary N) is 1. The van der Waals surface area contributed by atoms with E-state index in [0.29, 0.717) is 47.9 Å². The van der Waals surface area contributed by atoms with Crippen LogP contribution in [-0.4, -0.2) is 25.4 Å². The maximum Gasteiger partial charge on any atom is 0.244 e. The maximum absolute atomic E-state index is 13.0. The molecule has 4 aromatic rings. The van der Waals surface area contributed by atoms with Crippen LogP contribution in [0.15, 0.2) is 97.1 Å². The lowest BCUT2D eigenvalue weighted by Crippen LogP contribution is -2.39. The number of hydrogen-bond acceptors (Lipinski definition) is 6. The monoisotopic (exact) mass is 523 g/mol. The Bertz CT molecular complexity index is 1410. The standard InChI is InChI=1S/C31H33N5O3/c1-38-28-19-24(11-16-27(28)39-20-22-5-3-2-4-6-22)29(31(35)37)36(18-17-21-7-12-25(32)13-8-21)26-14-9-23(10-15-26)30(33)34/h2-16,19,29H,17-18,20,32H2,1H3,(H3,33,34)(H2,35,37). The SMILES string of the molecule is COc1cc(C(C(N)=O)N(CCc2ccc(N)cc2)c2ccc(C(=N)N)cc2)ccc1OCc1ccccc1. The second-order valence-electron chi connectivity index (χ2n) is 9.14. The molecular weight excluding hydrogens is 490 g/mol. The highest BCUT2D eigenvalue weighted by Crippen LogP contribution is 2.35. The van der Waals surface area contributed by atoms with Gasteiger partial charge in [0.15, 0.2) is 11.5 Å². The van der Waals surface area contributed by atoms with Crippen molar-refractivity contribution in [1.29, 1.82) is 5.41 Å². The van der Waals surface area contributed by atoms with Crippen LogP contribution in [0.1, 0.15) is 28.3 Å². The number of amidine groups is 1. The Morgan fingerprint density at radius 3 is 2.18 bits per heavy atom. The number of rotatable bonds is 12. The van der Waals surface area contributed by atoms with E-state index in [1.165, 1.54) is 0 Å². The minimum atomic E-state index is -0.793. The van der Waals surface area contributed by atoms with Crippen molar-refractivity contribution in [3.8, 4) is 11.5 Å². The van der Waals surface area contributed by atoms with Crippen LogP contribution < -0.4 is 31.6 Å². The quantitative estimate of drug-likeness (QED) is 0.123. The van der Waals surface area contributed by atoms with Gasteiger partial charge in [0.25, 0.3) is 0 Å². The number of amides is 1. The van der Waals surface area contributed by atoms with Gasteiger partial charge in [0.2, 0.25) is 5.91 Å². The van der Waals surface area contributed by atoms with Crippen LogP contribution in [0.3, 0.4) is 0 Å². The molecule has 0 saturated heterocycles. The second-order valence-corrected chi connectivity index (χ2v) is 9.14. The Labute approximate surface area is 228 Å². The minimum Gasteiger partial charge on any atom is -0.493 e. The number of benzene rings is 4. The normalized spacial score (nSPS) is 11.4. The summed E-state index contributed by atoms with van der Waals surface area (Å²) in [7, 11) is 1.56. The third-order valence-corrected chi connectivity index (χ3v) is 6.45. The Balaban J connectivity index is 1.66. The van der Waals surface area contributed by atoms with E-state index in [9.17, 15) is 4.79 Å². The summed E-state index contributed by atoms with van der Waals surface area (Å²) >= 11 is 0. The lowest BCUT2D eigenvalue weighted by molar-refractivity contribution is -0.119. The number of carbonyl (C=O) groups excluding carboxylic acids is 1. The number of carbonyl (C=O) groups is 1. The lowest BCUT2D eigenvalue weighted by Gasteiger charge is -2.32. The van der Waals surface area contributed by atoms with Crippen molar-refractivity contribution < 1.29 is 14.3 Å². The molecule has 0 aliphatic heterocycles. The lowest BCUT2D eigenvalue weighted by atomic mass is 10.0. The molecule has 200 valence electrons. The topological polar surface area (TPSA) is 141 Å². The number of ether oxygens (including phenoxy) is 2. The van der Waals surface area contributed by atoms with Crippen LogP contribution in [0.4, 0.5) is 11.4 Å². The summed E-state index contributed by atoms with van der Waals surface area (Å²) < 4.78 is 11.6. The minimum absolute atomic E-state index is 0.0303. The van der Waals surface area contributed by atoms with Crippen molar-refractivity contribution in [3.05, 3.63) is 119 Å². The molecule has 0 radical (unpaired) electrons.